The Morgan fingerprint density at radius 1 is 0.783 bits per heavy atom. The predicted molar refractivity (Wildman–Crippen MR) is 179 cm³/mol. The van der Waals surface area contributed by atoms with Crippen molar-refractivity contribution >= 4 is 5.76 Å². The third-order valence-corrected chi connectivity index (χ3v) is 7.95. The normalized spacial score (nSPS) is 16.9. The zero-order valence-electron chi connectivity index (χ0n) is 27.6. The molecule has 3 rings (SSSR count). The molecule has 0 aromatic heterocycles. The van der Waals surface area contributed by atoms with Crippen molar-refractivity contribution in [3.05, 3.63) is 78.9 Å². The summed E-state index contributed by atoms with van der Waals surface area (Å²) in [4.78, 5) is 15.0. The van der Waals surface area contributed by atoms with Crippen LogP contribution in [-0.2, 0) is 28.9 Å². The second-order valence-corrected chi connectivity index (χ2v) is 11.5. The van der Waals surface area contributed by atoms with Gasteiger partial charge in [-0.15, -0.1) is 6.58 Å². The van der Waals surface area contributed by atoms with Gasteiger partial charge in [-0.2, -0.15) is 0 Å². The van der Waals surface area contributed by atoms with Crippen LogP contribution in [0.1, 0.15) is 81.4 Å². The molecule has 9 heteroatoms. The van der Waals surface area contributed by atoms with Crippen molar-refractivity contribution in [2.24, 2.45) is 5.92 Å². The van der Waals surface area contributed by atoms with E-state index >= 15 is 0 Å². The maximum atomic E-state index is 9.79. The van der Waals surface area contributed by atoms with Crippen molar-refractivity contribution in [3.8, 4) is 11.5 Å². The topological polar surface area (TPSA) is 94.1 Å². The van der Waals surface area contributed by atoms with Gasteiger partial charge in [-0.05, 0) is 99.2 Å². The van der Waals surface area contributed by atoms with E-state index < -0.39 is 0 Å². The summed E-state index contributed by atoms with van der Waals surface area (Å²) in [6.45, 7) is 11.9. The maximum absolute atomic E-state index is 9.79. The molecule has 0 amide bonds. The Balaban J connectivity index is 1.30. The van der Waals surface area contributed by atoms with Crippen LogP contribution in [0.5, 0.6) is 11.5 Å². The van der Waals surface area contributed by atoms with Crippen molar-refractivity contribution in [1.29, 1.82) is 0 Å². The molecule has 1 aliphatic rings. The molecular weight excluding hydrogens is 588 g/mol. The highest BCUT2D eigenvalue weighted by molar-refractivity contribution is 5.58. The van der Waals surface area contributed by atoms with Gasteiger partial charge in [-0.1, -0.05) is 31.2 Å². The van der Waals surface area contributed by atoms with Crippen LogP contribution < -0.4 is 9.47 Å². The average Bonchev–Trinajstić information content (AvgIpc) is 3.09. The van der Waals surface area contributed by atoms with E-state index in [0.29, 0.717) is 52.0 Å². The number of benzene rings is 2. The zero-order valence-corrected chi connectivity index (χ0v) is 27.6. The average molecular weight is 643 g/mol. The van der Waals surface area contributed by atoms with E-state index in [1.165, 1.54) is 0 Å². The van der Waals surface area contributed by atoms with Crippen LogP contribution in [0.4, 0.5) is 0 Å². The Morgan fingerprint density at radius 2 is 1.46 bits per heavy atom. The first-order valence-electron chi connectivity index (χ1n) is 16.7. The lowest BCUT2D eigenvalue weighted by Gasteiger charge is -2.32. The number of ether oxygens (including phenoxy) is 5. The molecule has 0 bridgehead atoms. The molecule has 0 heterocycles. The monoisotopic (exact) mass is 642 g/mol. The molecular formula is C37H54O9. The summed E-state index contributed by atoms with van der Waals surface area (Å²) in [5.74, 6) is 2.50. The highest BCUT2D eigenvalue weighted by Gasteiger charge is 2.30. The lowest BCUT2D eigenvalue weighted by Crippen LogP contribution is -2.27. The summed E-state index contributed by atoms with van der Waals surface area (Å²) in [6, 6.07) is 15.8. The summed E-state index contributed by atoms with van der Waals surface area (Å²) in [5, 5.41) is 9.79. The van der Waals surface area contributed by atoms with Crippen molar-refractivity contribution in [2.75, 3.05) is 53.4 Å². The van der Waals surface area contributed by atoms with Gasteiger partial charge < -0.3 is 23.7 Å². The number of hydrogen-bond acceptors (Lipinski definition) is 9. The van der Waals surface area contributed by atoms with Crippen LogP contribution in [0.15, 0.2) is 67.8 Å². The van der Waals surface area contributed by atoms with Gasteiger partial charge in [0.15, 0.2) is 0 Å². The molecule has 9 nitrogen and oxygen atoms in total. The molecule has 2 aromatic rings. The van der Waals surface area contributed by atoms with Gasteiger partial charge >= 0.3 is 0 Å². The number of hydrogen-bond donors (Lipinski definition) is 1. The fourth-order valence-corrected chi connectivity index (χ4v) is 5.40. The molecule has 1 atom stereocenters. The van der Waals surface area contributed by atoms with Crippen molar-refractivity contribution in [3.63, 3.8) is 0 Å². The van der Waals surface area contributed by atoms with Crippen LogP contribution in [0.25, 0.3) is 5.76 Å². The molecule has 0 spiro atoms. The quantitative estimate of drug-likeness (QED) is 0.0357. The van der Waals surface area contributed by atoms with Crippen molar-refractivity contribution in [2.45, 2.75) is 76.4 Å². The lowest BCUT2D eigenvalue weighted by atomic mass is 9.81. The largest absolute Gasteiger partial charge is 0.494 e. The Labute approximate surface area is 275 Å². The Hall–Kier alpha value is -2.92. The maximum Gasteiger partial charge on any atom is 0.120 e. The fraction of sp³-hybridized carbons (Fsp3) is 0.568. The molecule has 1 unspecified atom stereocenters. The smallest absolute Gasteiger partial charge is 0.120 e. The molecule has 1 aliphatic carbocycles. The summed E-state index contributed by atoms with van der Waals surface area (Å²) in [6.07, 6.45) is 10.8. The van der Waals surface area contributed by atoms with Crippen LogP contribution in [0.3, 0.4) is 0 Å². The second kappa shape index (κ2) is 23.4. The van der Waals surface area contributed by atoms with Crippen molar-refractivity contribution < 1.29 is 43.6 Å². The highest BCUT2D eigenvalue weighted by Crippen LogP contribution is 2.38. The van der Waals surface area contributed by atoms with Gasteiger partial charge in [0.1, 0.15) is 30.0 Å². The third kappa shape index (κ3) is 14.7. The molecule has 46 heavy (non-hydrogen) atoms. The van der Waals surface area contributed by atoms with Crippen LogP contribution in [0.2, 0.25) is 0 Å². The second-order valence-electron chi connectivity index (χ2n) is 11.5. The minimum absolute atomic E-state index is 0.124. The lowest BCUT2D eigenvalue weighted by molar-refractivity contribution is -0.296. The Kier molecular flexibility index (Phi) is 19.1. The summed E-state index contributed by atoms with van der Waals surface area (Å²) in [7, 11) is 1.69. The third-order valence-electron chi connectivity index (χ3n) is 7.95. The molecule has 2 aromatic carbocycles. The van der Waals surface area contributed by atoms with Crippen LogP contribution in [0, 0.1) is 5.92 Å². The van der Waals surface area contributed by atoms with E-state index in [1.54, 1.807) is 13.2 Å². The van der Waals surface area contributed by atoms with Gasteiger partial charge in [0.05, 0.1) is 25.9 Å². The van der Waals surface area contributed by atoms with E-state index in [-0.39, 0.29) is 18.1 Å². The standard InChI is InChI=1S/C37H54O9/c1-4-23-43-44-29-8-6-5-7-27-42-34-17-13-32(14-18-34)37(46-38)33-15-21-36(22-16-33)45-35-19-11-31(12-20-35)30(2)41-28-10-26-40-25-9-24-39-3/h4,11-14,17-20,33,36-38H,1-2,5-10,15-16,21-29H2,3H3. The van der Waals surface area contributed by atoms with Gasteiger partial charge in [0.2, 0.25) is 0 Å². The van der Waals surface area contributed by atoms with E-state index in [1.807, 2.05) is 48.5 Å². The predicted octanol–water partition coefficient (Wildman–Crippen LogP) is 8.36. The van der Waals surface area contributed by atoms with E-state index in [4.69, 9.17) is 38.3 Å². The number of methoxy groups -OCH3 is 1. The van der Waals surface area contributed by atoms with Gasteiger partial charge in [-0.3, -0.25) is 5.26 Å². The minimum atomic E-state index is -0.375. The van der Waals surface area contributed by atoms with E-state index in [2.05, 4.69) is 13.2 Å². The summed E-state index contributed by atoms with van der Waals surface area (Å²) in [5.41, 5.74) is 1.88. The molecule has 1 saturated carbocycles. The molecule has 1 fully saturated rings. The highest BCUT2D eigenvalue weighted by atomic mass is 17.2. The summed E-state index contributed by atoms with van der Waals surface area (Å²) >= 11 is 0. The van der Waals surface area contributed by atoms with E-state index in [9.17, 15) is 5.26 Å². The van der Waals surface area contributed by atoms with Gasteiger partial charge in [0, 0.05) is 38.9 Å². The molecule has 0 radical (unpaired) electrons. The zero-order chi connectivity index (χ0) is 32.7. The van der Waals surface area contributed by atoms with Crippen molar-refractivity contribution in [1.82, 2.24) is 0 Å². The minimum Gasteiger partial charge on any atom is -0.494 e. The molecule has 0 saturated heterocycles. The first-order valence-corrected chi connectivity index (χ1v) is 16.7. The number of unbranched alkanes of at least 4 members (excludes halogenated alkanes) is 3. The molecule has 0 aliphatic heterocycles. The first-order chi connectivity index (χ1) is 22.6. The Morgan fingerprint density at radius 3 is 2.13 bits per heavy atom. The van der Waals surface area contributed by atoms with E-state index in [0.717, 1.165) is 86.8 Å². The van der Waals surface area contributed by atoms with Crippen LogP contribution in [-0.4, -0.2) is 64.7 Å². The molecule has 256 valence electrons. The summed E-state index contributed by atoms with van der Waals surface area (Å²) < 4.78 is 28.6. The van der Waals surface area contributed by atoms with Gasteiger partial charge in [0.25, 0.3) is 0 Å². The Bertz CT molecular complexity index is 1070. The number of rotatable bonds is 26. The fourth-order valence-electron chi connectivity index (χ4n) is 5.40. The molecule has 1 N–H and O–H groups in total. The van der Waals surface area contributed by atoms with Gasteiger partial charge in [-0.25, -0.2) is 14.7 Å². The first kappa shape index (κ1) is 37.5. The SMILES string of the molecule is C=CCOOCCCCCCOc1ccc(C(OO)C2CCC(Oc3ccc(C(=C)OCCCOCCCOC)cc3)CC2)cc1. The van der Waals surface area contributed by atoms with Crippen LogP contribution >= 0.6 is 0 Å².